The van der Waals surface area contributed by atoms with E-state index in [1.165, 1.54) is 30.7 Å². The minimum absolute atomic E-state index is 0.00172. The molecule has 3 heterocycles. The van der Waals surface area contributed by atoms with Crippen LogP contribution in [-0.4, -0.2) is 174 Å². The van der Waals surface area contributed by atoms with E-state index in [9.17, 15) is 63.0 Å². The molecule has 91 heavy (non-hydrogen) atoms. The minimum Gasteiger partial charge on any atom is -0.481 e. The molecule has 25 heteroatoms. The number of Topliss-reactive ketones (excluding diaryl/α,β-unsaturated/α-hetero) is 3. The fraction of sp³-hybridized carbons (Fsp3) is 0.682. The van der Waals surface area contributed by atoms with Crippen LogP contribution in [0.15, 0.2) is 35.9 Å². The first-order valence-electron chi connectivity index (χ1n) is 32.0. The van der Waals surface area contributed by atoms with E-state index >= 15 is 0 Å². The third kappa shape index (κ3) is 23.1. The Bertz CT molecular complexity index is 2840. The van der Waals surface area contributed by atoms with E-state index in [0.29, 0.717) is 87.9 Å². The van der Waals surface area contributed by atoms with Crippen molar-refractivity contribution in [3.63, 3.8) is 0 Å². The van der Waals surface area contributed by atoms with Gasteiger partial charge in [0.25, 0.3) is 0 Å². The van der Waals surface area contributed by atoms with Crippen molar-refractivity contribution in [2.45, 2.75) is 205 Å². The number of allylic oxidation sites excluding steroid dienone is 3. The summed E-state index contributed by atoms with van der Waals surface area (Å²) in [4.78, 5) is 145. The number of rotatable bonds is 31. The summed E-state index contributed by atoms with van der Waals surface area (Å²) in [5.41, 5.74) is 0.0537. The van der Waals surface area contributed by atoms with Crippen LogP contribution >= 0.6 is 23.4 Å². The number of carboxylic acids is 1. The van der Waals surface area contributed by atoms with Crippen LogP contribution in [0, 0.1) is 36.5 Å². The van der Waals surface area contributed by atoms with Gasteiger partial charge in [0.15, 0.2) is 0 Å². The van der Waals surface area contributed by atoms with Crippen LogP contribution < -0.4 is 26.2 Å². The number of fused-ring (bicyclic) bond motifs is 5. The number of epoxide rings is 1. The number of aliphatic carboxylic acids is 1. The first-order chi connectivity index (χ1) is 43.0. The number of likely N-dealkylation sites (N-methyl/N-ethyl adjacent to an activating group) is 1. The molecule has 1 aliphatic carbocycles. The molecule has 3 unspecified atom stereocenters. The quantitative estimate of drug-likeness (QED) is 0.0246. The zero-order valence-corrected chi connectivity index (χ0v) is 56.2. The molecular weight excluding hydrogens is 1220 g/mol. The standard InChI is InChI=1S/C66H97ClN6O17S/c1-11-55(77)68-26-28-87-27-24-49(75)33-48(61(82)69-37-42(5)74)18-13-12-14-19-51(76)47-22-20-45(21-23-47)38-70-62(83)53(34-58(80)81)91-29-25-56(78)72(9)44(7)63(84)89-54-35-57(79)73(10)50-32-46(31-40(3)59(50)67)30-39(2)16-15-17-41(4)66(86)36-52(88-64(85)71-66)43(6)60-65(54,8)90-60/h15-17,31-32,41,43-45,47-48,52-54,60,86H,11-14,18-30,33-38H2,1-10H3,(H,68,77)(H,69,82)(H,70,83)(H,71,85)(H,80,81)/b17-15+,39-16+/t41-,43-,44+,45?,47?,48?,52?,53?,54+,60+,65+,66+/m1/s1. The third-order valence-electron chi connectivity index (χ3n) is 18.1. The molecule has 6 amide bonds. The molecule has 4 aliphatic rings. The summed E-state index contributed by atoms with van der Waals surface area (Å²) in [6.45, 7) is 14.5. The maximum Gasteiger partial charge on any atom is 0.409 e. The first-order valence-corrected chi connectivity index (χ1v) is 33.4. The lowest BCUT2D eigenvalue weighted by molar-refractivity contribution is -0.162. The molecule has 1 aromatic carbocycles. The van der Waals surface area contributed by atoms with Crippen LogP contribution in [0.3, 0.4) is 0 Å². The topological polar surface area (TPSA) is 323 Å². The number of nitrogens with zero attached hydrogens (tertiary/aromatic N) is 2. The van der Waals surface area contributed by atoms with Gasteiger partial charge in [-0.1, -0.05) is 75.1 Å². The molecule has 10 atom stereocenters. The van der Waals surface area contributed by atoms with Crippen molar-refractivity contribution in [3.05, 3.63) is 52.1 Å². The third-order valence-corrected chi connectivity index (χ3v) is 19.8. The normalized spacial score (nSPS) is 26.1. The number of amides is 6. The molecule has 2 saturated heterocycles. The van der Waals surface area contributed by atoms with Crippen molar-refractivity contribution < 1.29 is 81.9 Å². The highest BCUT2D eigenvalue weighted by molar-refractivity contribution is 8.00. The van der Waals surface area contributed by atoms with Crippen LogP contribution in [-0.2, 0) is 73.3 Å². The van der Waals surface area contributed by atoms with E-state index < -0.39 is 101 Å². The number of aryl methyl sites for hydroxylation is 1. The lowest BCUT2D eigenvalue weighted by atomic mass is 9.79. The number of carbonyl (C=O) groups excluding carboxylic acids is 10. The molecule has 23 nitrogen and oxygen atoms in total. The molecule has 0 aromatic heterocycles. The number of hydrogen-bond donors (Lipinski definition) is 6. The second-order valence-electron chi connectivity index (χ2n) is 25.3. The van der Waals surface area contributed by atoms with Crippen molar-refractivity contribution in [1.29, 1.82) is 0 Å². The number of alkyl carbamates (subject to hydrolysis) is 1. The molecule has 3 aliphatic heterocycles. The Hall–Kier alpha value is -6.21. The Labute approximate surface area is 544 Å². The highest BCUT2D eigenvalue weighted by Gasteiger charge is 2.64. The molecular formula is C66H97ClN6O17S. The van der Waals surface area contributed by atoms with Gasteiger partial charge < -0.3 is 54.9 Å². The van der Waals surface area contributed by atoms with Gasteiger partial charge in [-0.2, -0.15) is 0 Å². The van der Waals surface area contributed by atoms with Gasteiger partial charge >= 0.3 is 18.0 Å². The maximum absolute atomic E-state index is 14.4. The van der Waals surface area contributed by atoms with Crippen molar-refractivity contribution in [2.24, 2.45) is 29.6 Å². The average molecular weight is 1310 g/mol. The molecule has 0 radical (unpaired) electrons. The Morgan fingerprint density at radius 3 is 2.34 bits per heavy atom. The Kier molecular flexibility index (Phi) is 29.6. The molecule has 6 N–H and O–H groups in total. The molecule has 5 rings (SSSR count). The maximum atomic E-state index is 14.4. The number of carbonyl (C=O) groups is 11. The minimum atomic E-state index is -1.68. The second-order valence-corrected chi connectivity index (χ2v) is 27.0. The summed E-state index contributed by atoms with van der Waals surface area (Å²) in [5.74, 6) is -5.95. The Morgan fingerprint density at radius 1 is 0.945 bits per heavy atom. The van der Waals surface area contributed by atoms with Gasteiger partial charge in [0.1, 0.15) is 46.9 Å². The summed E-state index contributed by atoms with van der Waals surface area (Å²) >= 11 is 7.85. The fourth-order valence-corrected chi connectivity index (χ4v) is 13.2. The highest BCUT2D eigenvalue weighted by atomic mass is 35.5. The predicted octanol–water partition coefficient (Wildman–Crippen LogP) is 7.06. The van der Waals surface area contributed by atoms with Crippen molar-refractivity contribution in [2.75, 3.05) is 57.6 Å². The highest BCUT2D eigenvalue weighted by Crippen LogP contribution is 2.49. The van der Waals surface area contributed by atoms with Crippen LogP contribution in [0.2, 0.25) is 5.02 Å². The number of hydrogen-bond acceptors (Lipinski definition) is 17. The Balaban J connectivity index is 1.10. The summed E-state index contributed by atoms with van der Waals surface area (Å²) in [6.07, 6.45) is 7.15. The van der Waals surface area contributed by atoms with Gasteiger partial charge in [0.2, 0.25) is 29.5 Å². The van der Waals surface area contributed by atoms with Gasteiger partial charge in [-0.25, -0.2) is 9.59 Å². The first kappa shape index (κ1) is 75.5. The van der Waals surface area contributed by atoms with E-state index in [4.69, 9.17) is 30.5 Å². The van der Waals surface area contributed by atoms with Gasteiger partial charge in [-0.15, -0.1) is 11.8 Å². The van der Waals surface area contributed by atoms with Crippen LogP contribution in [0.25, 0.3) is 0 Å². The van der Waals surface area contributed by atoms with Crippen LogP contribution in [0.1, 0.15) is 162 Å². The van der Waals surface area contributed by atoms with E-state index in [-0.39, 0.29) is 105 Å². The molecule has 1 aromatic rings. The Morgan fingerprint density at radius 2 is 1.66 bits per heavy atom. The zero-order valence-electron chi connectivity index (χ0n) is 54.6. The number of aliphatic hydroxyl groups is 1. The van der Waals surface area contributed by atoms with Gasteiger partial charge in [-0.05, 0) is 103 Å². The molecule has 506 valence electrons. The van der Waals surface area contributed by atoms with Crippen LogP contribution in [0.4, 0.5) is 10.5 Å². The van der Waals surface area contributed by atoms with Crippen molar-refractivity contribution in [3.8, 4) is 0 Å². The van der Waals surface area contributed by atoms with E-state index in [2.05, 4.69) is 21.3 Å². The molecule has 3 fully saturated rings. The number of anilines is 1. The number of benzene rings is 1. The average Bonchev–Trinajstić information content (AvgIpc) is 1.58. The lowest BCUT2D eigenvalue weighted by Gasteiger charge is -2.41. The molecule has 4 bridgehead atoms. The summed E-state index contributed by atoms with van der Waals surface area (Å²) in [5, 5.41) is 31.7. The largest absolute Gasteiger partial charge is 0.481 e. The number of halogens is 1. The van der Waals surface area contributed by atoms with Gasteiger partial charge in [0, 0.05) is 95.1 Å². The number of ketones is 3. The van der Waals surface area contributed by atoms with Crippen molar-refractivity contribution in [1.82, 2.24) is 26.2 Å². The number of thioether (sulfide) groups is 1. The molecule has 0 spiro atoms. The van der Waals surface area contributed by atoms with Gasteiger partial charge in [-0.3, -0.25) is 48.5 Å². The SMILES string of the molecule is CCC(=O)NCCOCCC(=O)CC(CCCCCC(=O)C1CCC(CNC(=O)C(CC(=O)O)SCCC(=O)N(C)[C@@H](C)C(=O)O[C@H]2CC(=O)N(C)c3cc(cc(C)c3Cl)C/C(C)=C/C=C/[C@@H](C)[C@@]3(O)CC(OC(=O)N3)[C@@H](C)[C@@H]3O[C@@]23C)CC1)C(=O)NCC(C)=O. The summed E-state index contributed by atoms with van der Waals surface area (Å²) in [7, 11) is 2.99. The second kappa shape index (κ2) is 35.7. The molecule has 1 saturated carbocycles. The van der Waals surface area contributed by atoms with Crippen molar-refractivity contribution >= 4 is 94.0 Å². The number of unbranched alkanes of at least 4 members (excludes halogenated alkanes) is 2. The predicted molar refractivity (Wildman–Crippen MR) is 343 cm³/mol. The van der Waals surface area contributed by atoms with Gasteiger partial charge in [0.05, 0.1) is 54.7 Å². The number of nitrogens with one attached hydrogen (secondary N) is 4. The van der Waals surface area contributed by atoms with E-state index in [1.807, 2.05) is 38.1 Å². The summed E-state index contributed by atoms with van der Waals surface area (Å²) < 4.78 is 23.7. The lowest BCUT2D eigenvalue weighted by Crippen LogP contribution is -2.60. The van der Waals surface area contributed by atoms with E-state index in [0.717, 1.165) is 28.5 Å². The zero-order chi connectivity index (χ0) is 67.3. The van der Waals surface area contributed by atoms with Crippen LogP contribution in [0.5, 0.6) is 0 Å². The monoisotopic (exact) mass is 1310 g/mol. The fourth-order valence-electron chi connectivity index (χ4n) is 11.9. The summed E-state index contributed by atoms with van der Waals surface area (Å²) in [6, 6.07) is 2.58. The number of carboxylic acid groups (broad SMARTS) is 1. The smallest absolute Gasteiger partial charge is 0.409 e. The number of esters is 1. The van der Waals surface area contributed by atoms with E-state index in [1.54, 1.807) is 40.8 Å². The number of ether oxygens (including phenoxy) is 4.